The van der Waals surface area contributed by atoms with Gasteiger partial charge in [-0.1, -0.05) is 64.7 Å². The van der Waals surface area contributed by atoms with Gasteiger partial charge in [-0.15, -0.1) is 0 Å². The Morgan fingerprint density at radius 3 is 1.90 bits per heavy atom. The Bertz CT molecular complexity index is 251. The van der Waals surface area contributed by atoms with Crippen molar-refractivity contribution in [3.8, 4) is 0 Å². The molecule has 1 N–H and O–H groups in total. The lowest BCUT2D eigenvalue weighted by molar-refractivity contribution is -0.138. The molecule has 0 saturated heterocycles. The van der Waals surface area contributed by atoms with Crippen molar-refractivity contribution in [2.24, 2.45) is 0 Å². The largest absolute Gasteiger partial charge is 0.480 e. The summed E-state index contributed by atoms with van der Waals surface area (Å²) in [5, 5.41) is 8.88. The minimum absolute atomic E-state index is 0.238. The fraction of sp³-hybridized carbons (Fsp3) is 0.941. The maximum atomic E-state index is 10.8. The highest BCUT2D eigenvalue weighted by Gasteiger charge is 2.29. The average molecular weight is 283 g/mol. The zero-order valence-corrected chi connectivity index (χ0v) is 13.3. The zero-order chi connectivity index (χ0) is 14.6. The third kappa shape index (κ3) is 9.35. The number of hydrogen-bond donors (Lipinski definition) is 1. The molecule has 3 heteroatoms. The Morgan fingerprint density at radius 2 is 1.45 bits per heavy atom. The Balaban J connectivity index is 1.86. The van der Waals surface area contributed by atoms with E-state index in [2.05, 4.69) is 11.8 Å². The SMILES string of the molecule is CCCCCCCCCCCCN(CC(=O)O)C1CC1. The highest BCUT2D eigenvalue weighted by molar-refractivity contribution is 5.69. The highest BCUT2D eigenvalue weighted by Crippen LogP contribution is 2.26. The van der Waals surface area contributed by atoms with Crippen LogP contribution in [0.3, 0.4) is 0 Å². The van der Waals surface area contributed by atoms with Gasteiger partial charge in [-0.3, -0.25) is 9.69 Å². The van der Waals surface area contributed by atoms with Crippen LogP contribution in [0.2, 0.25) is 0 Å². The fourth-order valence-electron chi connectivity index (χ4n) is 2.81. The molecule has 0 atom stereocenters. The molecule has 3 nitrogen and oxygen atoms in total. The molecule has 0 bridgehead atoms. The van der Waals surface area contributed by atoms with E-state index in [9.17, 15) is 4.79 Å². The molecule has 0 heterocycles. The summed E-state index contributed by atoms with van der Waals surface area (Å²) in [6.45, 7) is 3.48. The minimum Gasteiger partial charge on any atom is -0.480 e. The molecule has 0 aliphatic heterocycles. The number of carbonyl (C=O) groups is 1. The summed E-state index contributed by atoms with van der Waals surface area (Å²) in [5.74, 6) is -0.677. The number of hydrogen-bond acceptors (Lipinski definition) is 2. The van der Waals surface area contributed by atoms with E-state index >= 15 is 0 Å². The number of rotatable bonds is 14. The highest BCUT2D eigenvalue weighted by atomic mass is 16.4. The van der Waals surface area contributed by atoms with Crippen molar-refractivity contribution in [2.75, 3.05) is 13.1 Å². The van der Waals surface area contributed by atoms with Gasteiger partial charge in [-0.25, -0.2) is 0 Å². The van der Waals surface area contributed by atoms with E-state index in [0.29, 0.717) is 6.04 Å². The van der Waals surface area contributed by atoms with Crippen LogP contribution in [0.1, 0.15) is 84.0 Å². The van der Waals surface area contributed by atoms with Gasteiger partial charge < -0.3 is 5.11 Å². The van der Waals surface area contributed by atoms with E-state index in [1.54, 1.807) is 0 Å². The number of aliphatic carboxylic acids is 1. The third-order valence-electron chi connectivity index (χ3n) is 4.20. The summed E-state index contributed by atoms with van der Waals surface area (Å²) in [6.07, 6.45) is 15.8. The van der Waals surface area contributed by atoms with Gasteiger partial charge in [0.25, 0.3) is 0 Å². The standard InChI is InChI=1S/C17H33NO2/c1-2-3-4-5-6-7-8-9-10-11-14-18(15-17(19)20)16-12-13-16/h16H,2-15H2,1H3,(H,19,20). The maximum absolute atomic E-state index is 10.8. The second-order valence-corrected chi connectivity index (χ2v) is 6.28. The van der Waals surface area contributed by atoms with E-state index in [0.717, 1.165) is 6.54 Å². The van der Waals surface area contributed by atoms with Gasteiger partial charge in [-0.2, -0.15) is 0 Å². The Kier molecular flexibility index (Phi) is 9.73. The summed E-state index contributed by atoms with van der Waals surface area (Å²) in [4.78, 5) is 12.9. The van der Waals surface area contributed by atoms with Crippen LogP contribution in [0.4, 0.5) is 0 Å². The molecule has 0 aromatic rings. The lowest BCUT2D eigenvalue weighted by Gasteiger charge is -2.19. The molecule has 0 spiro atoms. The van der Waals surface area contributed by atoms with E-state index < -0.39 is 5.97 Å². The molecule has 1 fully saturated rings. The molecular weight excluding hydrogens is 250 g/mol. The second kappa shape index (κ2) is 11.1. The summed E-state index contributed by atoms with van der Waals surface area (Å²) >= 11 is 0. The van der Waals surface area contributed by atoms with Gasteiger partial charge in [0.1, 0.15) is 0 Å². The van der Waals surface area contributed by atoms with E-state index in [1.165, 1.54) is 77.0 Å². The summed E-state index contributed by atoms with van der Waals surface area (Å²) in [7, 11) is 0. The van der Waals surface area contributed by atoms with Crippen molar-refractivity contribution >= 4 is 5.97 Å². The van der Waals surface area contributed by atoms with Crippen LogP contribution >= 0.6 is 0 Å². The van der Waals surface area contributed by atoms with E-state index in [4.69, 9.17) is 5.11 Å². The fourth-order valence-corrected chi connectivity index (χ4v) is 2.81. The van der Waals surface area contributed by atoms with Crippen molar-refractivity contribution in [1.82, 2.24) is 4.90 Å². The molecule has 0 unspecified atom stereocenters. The number of carboxylic acids is 1. The summed E-state index contributed by atoms with van der Waals surface area (Å²) < 4.78 is 0. The Hall–Kier alpha value is -0.570. The average Bonchev–Trinajstić information content (AvgIpc) is 3.23. The van der Waals surface area contributed by atoms with Gasteiger partial charge in [-0.05, 0) is 25.8 Å². The first-order valence-electron chi connectivity index (χ1n) is 8.70. The topological polar surface area (TPSA) is 40.5 Å². The van der Waals surface area contributed by atoms with Crippen LogP contribution in [0.15, 0.2) is 0 Å². The number of unbranched alkanes of at least 4 members (excludes halogenated alkanes) is 9. The first-order chi connectivity index (χ1) is 9.74. The van der Waals surface area contributed by atoms with E-state index in [-0.39, 0.29) is 6.54 Å². The minimum atomic E-state index is -0.677. The molecule has 0 aromatic heterocycles. The van der Waals surface area contributed by atoms with Crippen LogP contribution in [0.25, 0.3) is 0 Å². The zero-order valence-electron chi connectivity index (χ0n) is 13.3. The van der Waals surface area contributed by atoms with Gasteiger partial charge in [0.05, 0.1) is 6.54 Å². The Morgan fingerprint density at radius 1 is 0.950 bits per heavy atom. The maximum Gasteiger partial charge on any atom is 0.317 e. The van der Waals surface area contributed by atoms with Crippen molar-refractivity contribution < 1.29 is 9.90 Å². The summed E-state index contributed by atoms with van der Waals surface area (Å²) in [5.41, 5.74) is 0. The second-order valence-electron chi connectivity index (χ2n) is 6.28. The van der Waals surface area contributed by atoms with E-state index in [1.807, 2.05) is 0 Å². The molecule has 1 aliphatic rings. The smallest absolute Gasteiger partial charge is 0.317 e. The molecule has 0 radical (unpaired) electrons. The van der Waals surface area contributed by atoms with Gasteiger partial charge >= 0.3 is 5.97 Å². The predicted octanol–water partition coefficient (Wildman–Crippen LogP) is 4.46. The van der Waals surface area contributed by atoms with Crippen LogP contribution in [-0.2, 0) is 4.79 Å². The quantitative estimate of drug-likeness (QED) is 0.479. The van der Waals surface area contributed by atoms with Crippen LogP contribution < -0.4 is 0 Å². The normalized spacial score (nSPS) is 14.9. The van der Waals surface area contributed by atoms with Crippen molar-refractivity contribution in [3.05, 3.63) is 0 Å². The van der Waals surface area contributed by atoms with Gasteiger partial charge in [0, 0.05) is 6.04 Å². The van der Waals surface area contributed by atoms with Crippen LogP contribution in [0, 0.1) is 0 Å². The first-order valence-corrected chi connectivity index (χ1v) is 8.70. The van der Waals surface area contributed by atoms with Crippen molar-refractivity contribution in [1.29, 1.82) is 0 Å². The molecule has 20 heavy (non-hydrogen) atoms. The molecular formula is C17H33NO2. The molecule has 1 aliphatic carbocycles. The van der Waals surface area contributed by atoms with Gasteiger partial charge in [0.15, 0.2) is 0 Å². The molecule has 118 valence electrons. The number of nitrogens with zero attached hydrogens (tertiary/aromatic N) is 1. The predicted molar refractivity (Wildman–Crippen MR) is 84.1 cm³/mol. The van der Waals surface area contributed by atoms with Crippen molar-refractivity contribution in [2.45, 2.75) is 90.0 Å². The molecule has 1 saturated carbocycles. The third-order valence-corrected chi connectivity index (χ3v) is 4.20. The molecule has 1 rings (SSSR count). The van der Waals surface area contributed by atoms with Gasteiger partial charge in [0.2, 0.25) is 0 Å². The first kappa shape index (κ1) is 17.5. The van der Waals surface area contributed by atoms with Crippen molar-refractivity contribution in [3.63, 3.8) is 0 Å². The molecule has 0 aromatic carbocycles. The summed E-state index contributed by atoms with van der Waals surface area (Å²) in [6, 6.07) is 0.574. The van der Waals surface area contributed by atoms with Crippen LogP contribution in [-0.4, -0.2) is 35.1 Å². The lowest BCUT2D eigenvalue weighted by atomic mass is 10.1. The lowest BCUT2D eigenvalue weighted by Crippen LogP contribution is -2.32. The number of carboxylic acid groups (broad SMARTS) is 1. The molecule has 0 amide bonds. The van der Waals surface area contributed by atoms with Crippen LogP contribution in [0.5, 0.6) is 0 Å². The monoisotopic (exact) mass is 283 g/mol. The Labute approximate surface area is 124 Å².